The molecule has 1 atom stereocenters. The Morgan fingerprint density at radius 1 is 1.15 bits per heavy atom. The Labute approximate surface area is 123 Å². The maximum absolute atomic E-state index is 9.73. The summed E-state index contributed by atoms with van der Waals surface area (Å²) in [4.78, 5) is 2.44. The fraction of sp³-hybridized carbons (Fsp3) is 0.647. The van der Waals surface area contributed by atoms with Crippen molar-refractivity contribution in [3.63, 3.8) is 0 Å². The van der Waals surface area contributed by atoms with E-state index in [0.717, 1.165) is 25.1 Å². The molecule has 3 N–H and O–H groups in total. The summed E-state index contributed by atoms with van der Waals surface area (Å²) in [5, 5.41) is 9.73. The van der Waals surface area contributed by atoms with Crippen LogP contribution < -0.4 is 5.73 Å². The molecule has 1 unspecified atom stereocenters. The van der Waals surface area contributed by atoms with Crippen LogP contribution in [0, 0.1) is 5.92 Å². The molecule has 0 amide bonds. The smallest absolute Gasteiger partial charge is 0.0656 e. The molecule has 114 valence electrons. The predicted molar refractivity (Wildman–Crippen MR) is 85.6 cm³/mol. The summed E-state index contributed by atoms with van der Waals surface area (Å²) in [6.45, 7) is 10.8. The van der Waals surface area contributed by atoms with Crippen LogP contribution in [0.15, 0.2) is 30.3 Å². The third-order valence-electron chi connectivity index (χ3n) is 3.81. The van der Waals surface area contributed by atoms with Crippen LogP contribution >= 0.6 is 0 Å². The van der Waals surface area contributed by atoms with Crippen LogP contribution in [0.4, 0.5) is 0 Å². The van der Waals surface area contributed by atoms with Crippen LogP contribution in [0.1, 0.15) is 39.7 Å². The zero-order valence-corrected chi connectivity index (χ0v) is 13.3. The first kappa shape index (κ1) is 17.2. The van der Waals surface area contributed by atoms with E-state index in [-0.39, 0.29) is 6.61 Å². The van der Waals surface area contributed by atoms with Gasteiger partial charge in [-0.1, -0.05) is 44.2 Å². The largest absolute Gasteiger partial charge is 0.394 e. The molecule has 0 radical (unpaired) electrons. The third kappa shape index (κ3) is 4.89. The highest BCUT2D eigenvalue weighted by molar-refractivity contribution is 5.24. The molecule has 1 aromatic carbocycles. The van der Waals surface area contributed by atoms with Crippen LogP contribution in [0.25, 0.3) is 0 Å². The van der Waals surface area contributed by atoms with Crippen LogP contribution in [-0.2, 0) is 5.54 Å². The number of hydrogen-bond acceptors (Lipinski definition) is 3. The van der Waals surface area contributed by atoms with Crippen molar-refractivity contribution in [2.75, 3.05) is 19.7 Å². The molecule has 0 aliphatic carbocycles. The summed E-state index contributed by atoms with van der Waals surface area (Å²) in [6, 6.07) is 10.4. The van der Waals surface area contributed by atoms with Gasteiger partial charge >= 0.3 is 0 Å². The van der Waals surface area contributed by atoms with Gasteiger partial charge in [-0.05, 0) is 31.7 Å². The average Bonchev–Trinajstić information content (AvgIpc) is 2.43. The van der Waals surface area contributed by atoms with Crippen molar-refractivity contribution in [3.05, 3.63) is 35.9 Å². The normalized spacial score (nSPS) is 15.1. The van der Waals surface area contributed by atoms with Crippen LogP contribution in [-0.4, -0.2) is 35.7 Å². The molecule has 3 nitrogen and oxygen atoms in total. The summed E-state index contributed by atoms with van der Waals surface area (Å²) in [5.74, 6) is 0.635. The number of nitrogens with two attached hydrogens (primary N) is 1. The van der Waals surface area contributed by atoms with E-state index in [2.05, 4.69) is 32.6 Å². The van der Waals surface area contributed by atoms with Crippen molar-refractivity contribution < 1.29 is 5.11 Å². The molecule has 1 rings (SSSR count). The van der Waals surface area contributed by atoms with Gasteiger partial charge in [0, 0.05) is 19.1 Å². The monoisotopic (exact) mass is 278 g/mol. The lowest BCUT2D eigenvalue weighted by atomic mass is 9.88. The van der Waals surface area contributed by atoms with Gasteiger partial charge < -0.3 is 15.7 Å². The van der Waals surface area contributed by atoms with Crippen molar-refractivity contribution in [3.8, 4) is 0 Å². The predicted octanol–water partition coefficient (Wildman–Crippen LogP) is 2.59. The minimum Gasteiger partial charge on any atom is -0.394 e. The lowest BCUT2D eigenvalue weighted by molar-refractivity contribution is 0.141. The van der Waals surface area contributed by atoms with E-state index in [1.807, 2.05) is 30.3 Å². The second-order valence-electron chi connectivity index (χ2n) is 6.41. The molecule has 0 spiro atoms. The highest BCUT2D eigenvalue weighted by Crippen LogP contribution is 2.22. The fourth-order valence-corrected chi connectivity index (χ4v) is 2.46. The SMILES string of the molecule is CC(C)CN(CCC(N)(CO)c1ccccc1)C(C)C. The molecular weight excluding hydrogens is 248 g/mol. The molecule has 3 heteroatoms. The minimum atomic E-state index is -0.647. The van der Waals surface area contributed by atoms with Gasteiger partial charge in [0.2, 0.25) is 0 Å². The molecule has 0 fully saturated rings. The van der Waals surface area contributed by atoms with Gasteiger partial charge in [-0.2, -0.15) is 0 Å². The van der Waals surface area contributed by atoms with Gasteiger partial charge in [-0.3, -0.25) is 0 Å². The molecule has 0 heterocycles. The van der Waals surface area contributed by atoms with E-state index in [9.17, 15) is 5.11 Å². The van der Waals surface area contributed by atoms with Gasteiger partial charge in [0.25, 0.3) is 0 Å². The minimum absolute atomic E-state index is 0.0232. The lowest BCUT2D eigenvalue weighted by Gasteiger charge is -2.34. The zero-order valence-electron chi connectivity index (χ0n) is 13.3. The Balaban J connectivity index is 2.73. The van der Waals surface area contributed by atoms with Crippen molar-refractivity contribution in [2.45, 2.75) is 45.7 Å². The summed E-state index contributed by atoms with van der Waals surface area (Å²) in [6.07, 6.45) is 0.762. The highest BCUT2D eigenvalue weighted by Gasteiger charge is 2.27. The van der Waals surface area contributed by atoms with Gasteiger partial charge in [0.15, 0.2) is 0 Å². The van der Waals surface area contributed by atoms with E-state index in [4.69, 9.17) is 5.73 Å². The van der Waals surface area contributed by atoms with E-state index < -0.39 is 5.54 Å². The first-order chi connectivity index (χ1) is 9.39. The first-order valence-electron chi connectivity index (χ1n) is 7.58. The topological polar surface area (TPSA) is 49.5 Å². The van der Waals surface area contributed by atoms with Gasteiger partial charge in [-0.25, -0.2) is 0 Å². The Morgan fingerprint density at radius 2 is 1.75 bits per heavy atom. The Hall–Kier alpha value is -0.900. The standard InChI is InChI=1S/C17H30N2O/c1-14(2)12-19(15(3)4)11-10-17(18,13-20)16-8-6-5-7-9-16/h5-9,14-15,20H,10-13,18H2,1-4H3. The quantitative estimate of drug-likeness (QED) is 0.768. The van der Waals surface area contributed by atoms with E-state index >= 15 is 0 Å². The summed E-state index contributed by atoms with van der Waals surface area (Å²) in [5.41, 5.74) is 6.78. The average molecular weight is 278 g/mol. The molecule has 0 aliphatic rings. The molecule has 0 saturated carbocycles. The highest BCUT2D eigenvalue weighted by atomic mass is 16.3. The van der Waals surface area contributed by atoms with E-state index in [1.54, 1.807) is 0 Å². The van der Waals surface area contributed by atoms with Gasteiger partial charge in [-0.15, -0.1) is 0 Å². The molecule has 0 aliphatic heterocycles. The number of nitrogens with zero attached hydrogens (tertiary/aromatic N) is 1. The second kappa shape index (κ2) is 7.77. The molecule has 0 bridgehead atoms. The summed E-state index contributed by atoms with van der Waals surface area (Å²) >= 11 is 0. The van der Waals surface area contributed by atoms with Crippen LogP contribution in [0.3, 0.4) is 0 Å². The maximum atomic E-state index is 9.73. The third-order valence-corrected chi connectivity index (χ3v) is 3.81. The van der Waals surface area contributed by atoms with Crippen LogP contribution in [0.5, 0.6) is 0 Å². The Bertz CT molecular complexity index is 378. The number of benzene rings is 1. The lowest BCUT2D eigenvalue weighted by Crippen LogP contribution is -2.45. The number of rotatable bonds is 8. The van der Waals surface area contributed by atoms with Crippen molar-refractivity contribution in [2.24, 2.45) is 11.7 Å². The summed E-state index contributed by atoms with van der Waals surface area (Å²) in [7, 11) is 0. The molecule has 20 heavy (non-hydrogen) atoms. The molecule has 0 saturated heterocycles. The molecule has 1 aromatic rings. The van der Waals surface area contributed by atoms with Crippen molar-refractivity contribution in [1.82, 2.24) is 4.90 Å². The number of aliphatic hydroxyl groups is 1. The van der Waals surface area contributed by atoms with Crippen molar-refractivity contribution >= 4 is 0 Å². The van der Waals surface area contributed by atoms with Crippen LogP contribution in [0.2, 0.25) is 0 Å². The van der Waals surface area contributed by atoms with E-state index in [1.165, 1.54) is 0 Å². The van der Waals surface area contributed by atoms with Gasteiger partial charge in [0.1, 0.15) is 0 Å². The Kier molecular flexibility index (Phi) is 6.66. The second-order valence-corrected chi connectivity index (χ2v) is 6.41. The van der Waals surface area contributed by atoms with Crippen molar-refractivity contribution in [1.29, 1.82) is 0 Å². The fourth-order valence-electron chi connectivity index (χ4n) is 2.46. The maximum Gasteiger partial charge on any atom is 0.0656 e. The number of aliphatic hydroxyl groups excluding tert-OH is 1. The molecular formula is C17H30N2O. The zero-order chi connectivity index (χ0) is 15.2. The Morgan fingerprint density at radius 3 is 2.20 bits per heavy atom. The first-order valence-corrected chi connectivity index (χ1v) is 7.58. The molecule has 0 aromatic heterocycles. The summed E-state index contributed by atoms with van der Waals surface area (Å²) < 4.78 is 0. The number of hydrogen-bond donors (Lipinski definition) is 2. The van der Waals surface area contributed by atoms with E-state index in [0.29, 0.717) is 12.0 Å². The van der Waals surface area contributed by atoms with Gasteiger partial charge in [0.05, 0.1) is 12.1 Å².